The molecule has 7 heteroatoms. The first kappa shape index (κ1) is 16.1. The lowest BCUT2D eigenvalue weighted by molar-refractivity contribution is 0.102. The normalized spacial score (nSPS) is 10.4. The number of nitrogens with zero attached hydrogens (tertiary/aromatic N) is 2. The molecule has 3 rings (SSSR count). The summed E-state index contributed by atoms with van der Waals surface area (Å²) >= 11 is 1.30. The van der Waals surface area contributed by atoms with Gasteiger partial charge in [-0.3, -0.25) is 10.1 Å². The molecule has 1 heterocycles. The lowest BCUT2D eigenvalue weighted by atomic mass is 10.2. The molecule has 0 saturated carbocycles. The van der Waals surface area contributed by atoms with Crippen molar-refractivity contribution in [1.29, 1.82) is 0 Å². The molecule has 0 aliphatic heterocycles. The number of benzene rings is 2. The number of ether oxygens (including phenoxy) is 1. The van der Waals surface area contributed by atoms with Gasteiger partial charge in [0.15, 0.2) is 0 Å². The summed E-state index contributed by atoms with van der Waals surface area (Å²) in [5.74, 6) is -0.174. The first-order valence-electron chi connectivity index (χ1n) is 7.19. The van der Waals surface area contributed by atoms with Gasteiger partial charge in [-0.1, -0.05) is 35.6 Å². The molecular formula is C17H14FN3O2S. The predicted molar refractivity (Wildman–Crippen MR) is 89.8 cm³/mol. The standard InChI is InChI=1S/C17H14FN3O2S/c1-11-20-21-17(24-11)19-16(22)14-4-2-3-5-15(14)23-10-12-6-8-13(18)9-7-12/h2-9H,10H2,1H3,(H,19,21,22). The molecule has 1 aromatic heterocycles. The fourth-order valence-corrected chi connectivity index (χ4v) is 2.62. The molecule has 0 unspecified atom stereocenters. The zero-order chi connectivity index (χ0) is 16.9. The first-order chi connectivity index (χ1) is 11.6. The Labute approximate surface area is 142 Å². The summed E-state index contributed by atoms with van der Waals surface area (Å²) < 4.78 is 18.6. The Morgan fingerprint density at radius 2 is 1.92 bits per heavy atom. The zero-order valence-electron chi connectivity index (χ0n) is 12.8. The highest BCUT2D eigenvalue weighted by Crippen LogP contribution is 2.22. The van der Waals surface area contributed by atoms with Gasteiger partial charge in [-0.15, -0.1) is 10.2 Å². The number of halogens is 1. The highest BCUT2D eigenvalue weighted by atomic mass is 32.1. The number of para-hydroxylation sites is 1. The number of anilines is 1. The van der Waals surface area contributed by atoms with Crippen LogP contribution in [0.2, 0.25) is 0 Å². The Morgan fingerprint density at radius 1 is 1.17 bits per heavy atom. The number of aryl methyl sites for hydroxylation is 1. The van der Waals surface area contributed by atoms with Crippen LogP contribution in [0.5, 0.6) is 5.75 Å². The zero-order valence-corrected chi connectivity index (χ0v) is 13.6. The lowest BCUT2D eigenvalue weighted by Crippen LogP contribution is -2.13. The maximum atomic E-state index is 12.9. The van der Waals surface area contributed by atoms with Gasteiger partial charge in [0.05, 0.1) is 5.56 Å². The summed E-state index contributed by atoms with van der Waals surface area (Å²) in [6.07, 6.45) is 0. The molecule has 0 bridgehead atoms. The SMILES string of the molecule is Cc1nnc(NC(=O)c2ccccc2OCc2ccc(F)cc2)s1. The van der Waals surface area contributed by atoms with Crippen molar-refractivity contribution in [1.82, 2.24) is 10.2 Å². The van der Waals surface area contributed by atoms with Gasteiger partial charge in [-0.25, -0.2) is 4.39 Å². The number of amides is 1. The van der Waals surface area contributed by atoms with Gasteiger partial charge in [0.25, 0.3) is 5.91 Å². The number of carbonyl (C=O) groups excluding carboxylic acids is 1. The maximum Gasteiger partial charge on any atom is 0.261 e. The molecule has 24 heavy (non-hydrogen) atoms. The Morgan fingerprint density at radius 3 is 2.62 bits per heavy atom. The van der Waals surface area contributed by atoms with Gasteiger partial charge < -0.3 is 4.74 Å². The van der Waals surface area contributed by atoms with Crippen molar-refractivity contribution in [3.05, 3.63) is 70.5 Å². The van der Waals surface area contributed by atoms with Crippen LogP contribution in [0, 0.1) is 12.7 Å². The molecule has 0 aliphatic rings. The van der Waals surface area contributed by atoms with E-state index in [-0.39, 0.29) is 18.3 Å². The van der Waals surface area contributed by atoms with Crippen LogP contribution >= 0.6 is 11.3 Å². The van der Waals surface area contributed by atoms with Crippen LogP contribution in [0.3, 0.4) is 0 Å². The van der Waals surface area contributed by atoms with Crippen molar-refractivity contribution in [2.45, 2.75) is 13.5 Å². The monoisotopic (exact) mass is 343 g/mol. The molecule has 0 saturated heterocycles. The van der Waals surface area contributed by atoms with Crippen LogP contribution in [-0.4, -0.2) is 16.1 Å². The van der Waals surface area contributed by atoms with Crippen molar-refractivity contribution in [3.63, 3.8) is 0 Å². The topological polar surface area (TPSA) is 64.1 Å². The highest BCUT2D eigenvalue weighted by molar-refractivity contribution is 7.15. The molecule has 2 aromatic carbocycles. The molecule has 1 N–H and O–H groups in total. The Balaban J connectivity index is 1.72. The molecule has 0 atom stereocenters. The van der Waals surface area contributed by atoms with E-state index in [2.05, 4.69) is 15.5 Å². The van der Waals surface area contributed by atoms with Crippen LogP contribution in [0.15, 0.2) is 48.5 Å². The minimum Gasteiger partial charge on any atom is -0.488 e. The fraction of sp³-hybridized carbons (Fsp3) is 0.118. The molecule has 3 aromatic rings. The van der Waals surface area contributed by atoms with Gasteiger partial charge in [0.1, 0.15) is 23.2 Å². The maximum absolute atomic E-state index is 12.9. The molecule has 0 spiro atoms. The van der Waals surface area contributed by atoms with Crippen molar-refractivity contribution < 1.29 is 13.9 Å². The van der Waals surface area contributed by atoms with E-state index in [1.54, 1.807) is 36.4 Å². The molecule has 5 nitrogen and oxygen atoms in total. The first-order valence-corrected chi connectivity index (χ1v) is 8.01. The van der Waals surface area contributed by atoms with Gasteiger partial charge in [0.2, 0.25) is 5.13 Å². The van der Waals surface area contributed by atoms with Crippen LogP contribution in [0.25, 0.3) is 0 Å². The van der Waals surface area contributed by atoms with Crippen molar-refractivity contribution >= 4 is 22.4 Å². The third-order valence-electron chi connectivity index (χ3n) is 3.19. The quantitative estimate of drug-likeness (QED) is 0.765. The number of nitrogens with one attached hydrogen (secondary N) is 1. The van der Waals surface area contributed by atoms with Crippen LogP contribution in [0.4, 0.5) is 9.52 Å². The van der Waals surface area contributed by atoms with E-state index in [1.165, 1.54) is 23.5 Å². The fourth-order valence-electron chi connectivity index (χ4n) is 2.03. The predicted octanol–water partition coefficient (Wildman–Crippen LogP) is 3.82. The Bertz CT molecular complexity index is 849. The third kappa shape index (κ3) is 3.94. The largest absolute Gasteiger partial charge is 0.488 e. The highest BCUT2D eigenvalue weighted by Gasteiger charge is 2.14. The van der Waals surface area contributed by atoms with Crippen LogP contribution < -0.4 is 10.1 Å². The lowest BCUT2D eigenvalue weighted by Gasteiger charge is -2.11. The molecule has 0 fully saturated rings. The molecule has 122 valence electrons. The van der Waals surface area contributed by atoms with Crippen molar-refractivity contribution in [2.24, 2.45) is 0 Å². The minimum atomic E-state index is -0.319. The second-order valence-electron chi connectivity index (χ2n) is 4.99. The van der Waals surface area contributed by atoms with Gasteiger partial charge in [0, 0.05) is 0 Å². The van der Waals surface area contributed by atoms with Gasteiger partial charge in [-0.2, -0.15) is 0 Å². The number of carbonyl (C=O) groups is 1. The number of hydrogen-bond donors (Lipinski definition) is 1. The van der Waals surface area contributed by atoms with Crippen LogP contribution in [-0.2, 0) is 6.61 Å². The van der Waals surface area contributed by atoms with Crippen LogP contribution in [0.1, 0.15) is 20.9 Å². The van der Waals surface area contributed by atoms with E-state index in [4.69, 9.17) is 4.74 Å². The summed E-state index contributed by atoms with van der Waals surface area (Å²) in [6, 6.07) is 12.9. The molecular weight excluding hydrogens is 329 g/mol. The van der Waals surface area contributed by atoms with Crippen molar-refractivity contribution in [3.8, 4) is 5.75 Å². The van der Waals surface area contributed by atoms with Gasteiger partial charge >= 0.3 is 0 Å². The summed E-state index contributed by atoms with van der Waals surface area (Å²) in [6.45, 7) is 2.05. The molecule has 1 amide bonds. The summed E-state index contributed by atoms with van der Waals surface area (Å²) in [5.41, 5.74) is 1.21. The third-order valence-corrected chi connectivity index (χ3v) is 3.94. The average molecular weight is 343 g/mol. The van der Waals surface area contributed by atoms with E-state index in [1.807, 2.05) is 6.92 Å². The summed E-state index contributed by atoms with van der Waals surface area (Å²) in [5, 5.41) is 11.6. The Kier molecular flexibility index (Phi) is 4.81. The van der Waals surface area contributed by atoms with E-state index >= 15 is 0 Å². The van der Waals surface area contributed by atoms with E-state index < -0.39 is 0 Å². The van der Waals surface area contributed by atoms with Gasteiger partial charge in [-0.05, 0) is 36.8 Å². The number of hydrogen-bond acceptors (Lipinski definition) is 5. The van der Waals surface area contributed by atoms with E-state index in [0.717, 1.165) is 10.6 Å². The second-order valence-corrected chi connectivity index (χ2v) is 6.17. The molecule has 0 aliphatic carbocycles. The van der Waals surface area contributed by atoms with E-state index in [9.17, 15) is 9.18 Å². The number of rotatable bonds is 5. The smallest absolute Gasteiger partial charge is 0.261 e. The second kappa shape index (κ2) is 7.18. The van der Waals surface area contributed by atoms with Crippen molar-refractivity contribution in [2.75, 3.05) is 5.32 Å². The summed E-state index contributed by atoms with van der Waals surface area (Å²) in [4.78, 5) is 12.4. The molecule has 0 radical (unpaired) electrons. The Hall–Kier alpha value is -2.80. The van der Waals surface area contributed by atoms with E-state index in [0.29, 0.717) is 16.4 Å². The number of aromatic nitrogens is 2. The average Bonchev–Trinajstić information content (AvgIpc) is 2.99. The minimum absolute atomic E-state index is 0.239. The summed E-state index contributed by atoms with van der Waals surface area (Å²) in [7, 11) is 0.